The third-order valence-corrected chi connectivity index (χ3v) is 4.31. The van der Waals surface area contributed by atoms with Gasteiger partial charge in [-0.1, -0.05) is 23.7 Å². The van der Waals surface area contributed by atoms with Gasteiger partial charge in [-0.15, -0.1) is 0 Å². The average Bonchev–Trinajstić information content (AvgIpc) is 2.66. The molecule has 0 amide bonds. The second-order valence-electron chi connectivity index (χ2n) is 5.52. The first-order valence-corrected chi connectivity index (χ1v) is 8.41. The molecule has 0 aliphatic rings. The standard InChI is InChI=1S/C19H17ClN2O4/c1-3-26-19(24)15-16(20)17-14(5-4-10-21-17)22(18(15)23)11-12-6-8-13(25-2)9-7-12/h4-10H,3,11H2,1-2H3. The minimum Gasteiger partial charge on any atom is -0.497 e. The van der Waals surface area contributed by atoms with Crippen molar-refractivity contribution in [2.24, 2.45) is 0 Å². The normalized spacial score (nSPS) is 10.7. The number of carbonyl (C=O) groups excluding carboxylic acids is 1. The zero-order chi connectivity index (χ0) is 18.7. The number of ether oxygens (including phenoxy) is 2. The molecule has 0 radical (unpaired) electrons. The van der Waals surface area contributed by atoms with Crippen molar-refractivity contribution in [2.75, 3.05) is 13.7 Å². The predicted molar refractivity (Wildman–Crippen MR) is 99.1 cm³/mol. The quantitative estimate of drug-likeness (QED) is 0.643. The maximum atomic E-state index is 13.0. The highest BCUT2D eigenvalue weighted by atomic mass is 35.5. The second kappa shape index (κ2) is 7.58. The SMILES string of the molecule is CCOC(=O)c1c(Cl)c2ncccc2n(Cc2ccc(OC)cc2)c1=O. The Kier molecular flexibility index (Phi) is 5.23. The van der Waals surface area contributed by atoms with E-state index < -0.39 is 11.5 Å². The molecule has 0 N–H and O–H groups in total. The minimum absolute atomic E-state index is 0.00929. The van der Waals surface area contributed by atoms with Crippen LogP contribution in [0, 0.1) is 0 Å². The number of esters is 1. The highest BCUT2D eigenvalue weighted by Gasteiger charge is 2.23. The molecule has 134 valence electrons. The van der Waals surface area contributed by atoms with E-state index in [2.05, 4.69) is 4.98 Å². The van der Waals surface area contributed by atoms with Crippen LogP contribution in [-0.2, 0) is 11.3 Å². The predicted octanol–water partition coefficient (Wildman–Crippen LogP) is 3.28. The zero-order valence-electron chi connectivity index (χ0n) is 14.4. The Morgan fingerprint density at radius 3 is 2.62 bits per heavy atom. The Hall–Kier alpha value is -2.86. The molecule has 0 aliphatic carbocycles. The fraction of sp³-hybridized carbons (Fsp3) is 0.211. The lowest BCUT2D eigenvalue weighted by atomic mass is 10.1. The molecule has 2 heterocycles. The van der Waals surface area contributed by atoms with Gasteiger partial charge in [-0.2, -0.15) is 0 Å². The van der Waals surface area contributed by atoms with Gasteiger partial charge in [0.1, 0.15) is 16.8 Å². The van der Waals surface area contributed by atoms with E-state index >= 15 is 0 Å². The molecule has 0 atom stereocenters. The third kappa shape index (κ3) is 3.28. The summed E-state index contributed by atoms with van der Waals surface area (Å²) in [5.41, 5.74) is 1.09. The molecule has 2 aromatic heterocycles. The molecule has 7 heteroatoms. The average molecular weight is 373 g/mol. The summed E-state index contributed by atoms with van der Waals surface area (Å²) in [5, 5.41) is 0.00929. The number of rotatable bonds is 5. The van der Waals surface area contributed by atoms with Crippen molar-refractivity contribution in [3.63, 3.8) is 0 Å². The molecular weight excluding hydrogens is 356 g/mol. The number of benzene rings is 1. The molecular formula is C19H17ClN2O4. The van der Waals surface area contributed by atoms with Crippen LogP contribution in [0.1, 0.15) is 22.8 Å². The van der Waals surface area contributed by atoms with Gasteiger partial charge in [-0.25, -0.2) is 4.79 Å². The van der Waals surface area contributed by atoms with E-state index in [9.17, 15) is 9.59 Å². The highest BCUT2D eigenvalue weighted by molar-refractivity contribution is 6.37. The maximum Gasteiger partial charge on any atom is 0.345 e. The number of pyridine rings is 2. The summed E-state index contributed by atoms with van der Waals surface area (Å²) < 4.78 is 11.6. The number of aromatic nitrogens is 2. The maximum absolute atomic E-state index is 13.0. The number of fused-ring (bicyclic) bond motifs is 1. The highest BCUT2D eigenvalue weighted by Crippen LogP contribution is 2.24. The third-order valence-electron chi connectivity index (χ3n) is 3.94. The number of carbonyl (C=O) groups is 1. The molecule has 0 saturated heterocycles. The molecule has 0 unspecified atom stereocenters. The molecule has 0 bridgehead atoms. The molecule has 3 rings (SSSR count). The summed E-state index contributed by atoms with van der Waals surface area (Å²) in [6.07, 6.45) is 1.56. The van der Waals surface area contributed by atoms with Gasteiger partial charge < -0.3 is 14.0 Å². The van der Waals surface area contributed by atoms with E-state index in [4.69, 9.17) is 21.1 Å². The van der Waals surface area contributed by atoms with E-state index in [1.165, 1.54) is 4.57 Å². The zero-order valence-corrected chi connectivity index (χ0v) is 15.1. The van der Waals surface area contributed by atoms with Crippen LogP contribution in [0.5, 0.6) is 5.75 Å². The first kappa shape index (κ1) is 17.9. The fourth-order valence-corrected chi connectivity index (χ4v) is 2.99. The van der Waals surface area contributed by atoms with E-state index in [0.29, 0.717) is 11.0 Å². The van der Waals surface area contributed by atoms with Crippen LogP contribution in [0.15, 0.2) is 47.4 Å². The lowest BCUT2D eigenvalue weighted by molar-refractivity contribution is 0.0524. The Labute approximate surface area is 154 Å². The van der Waals surface area contributed by atoms with Crippen molar-refractivity contribution in [3.8, 4) is 5.75 Å². The van der Waals surface area contributed by atoms with Crippen molar-refractivity contribution in [2.45, 2.75) is 13.5 Å². The monoisotopic (exact) mass is 372 g/mol. The minimum atomic E-state index is -0.751. The van der Waals surface area contributed by atoms with Gasteiger partial charge in [0.25, 0.3) is 5.56 Å². The number of methoxy groups -OCH3 is 1. The Morgan fingerprint density at radius 1 is 1.23 bits per heavy atom. The van der Waals surface area contributed by atoms with Gasteiger partial charge in [-0.05, 0) is 36.8 Å². The van der Waals surface area contributed by atoms with Crippen molar-refractivity contribution < 1.29 is 14.3 Å². The first-order chi connectivity index (χ1) is 12.6. The van der Waals surface area contributed by atoms with Crippen LogP contribution >= 0.6 is 11.6 Å². The van der Waals surface area contributed by atoms with Crippen LogP contribution < -0.4 is 10.3 Å². The molecule has 0 aliphatic heterocycles. The van der Waals surface area contributed by atoms with E-state index in [1.807, 2.05) is 24.3 Å². The molecule has 0 fully saturated rings. The molecule has 0 spiro atoms. The number of hydrogen-bond acceptors (Lipinski definition) is 5. The van der Waals surface area contributed by atoms with Crippen LogP contribution in [0.4, 0.5) is 0 Å². The van der Waals surface area contributed by atoms with Gasteiger partial charge >= 0.3 is 5.97 Å². The Bertz CT molecular complexity index is 1010. The van der Waals surface area contributed by atoms with E-state index in [-0.39, 0.29) is 23.7 Å². The Balaban J connectivity index is 2.19. The van der Waals surface area contributed by atoms with Crippen LogP contribution in [0.2, 0.25) is 5.02 Å². The summed E-state index contributed by atoms with van der Waals surface area (Å²) in [5.74, 6) is -0.0329. The summed E-state index contributed by atoms with van der Waals surface area (Å²) in [7, 11) is 1.59. The molecule has 26 heavy (non-hydrogen) atoms. The van der Waals surface area contributed by atoms with Crippen molar-refractivity contribution >= 4 is 28.6 Å². The molecule has 6 nitrogen and oxygen atoms in total. The van der Waals surface area contributed by atoms with E-state index in [0.717, 1.165) is 11.3 Å². The Morgan fingerprint density at radius 2 is 1.96 bits per heavy atom. The summed E-state index contributed by atoms with van der Waals surface area (Å²) in [6.45, 7) is 2.07. The van der Waals surface area contributed by atoms with Crippen LogP contribution in [-0.4, -0.2) is 29.2 Å². The van der Waals surface area contributed by atoms with Gasteiger partial charge in [0.15, 0.2) is 0 Å². The van der Waals surface area contributed by atoms with Gasteiger partial charge in [0.2, 0.25) is 0 Å². The fourth-order valence-electron chi connectivity index (χ4n) is 2.69. The molecule has 0 saturated carbocycles. The number of hydrogen-bond donors (Lipinski definition) is 0. The summed E-state index contributed by atoms with van der Waals surface area (Å²) in [4.78, 5) is 29.5. The number of nitrogens with zero attached hydrogens (tertiary/aromatic N) is 2. The van der Waals surface area contributed by atoms with E-state index in [1.54, 1.807) is 32.4 Å². The summed E-state index contributed by atoms with van der Waals surface area (Å²) >= 11 is 6.30. The van der Waals surface area contributed by atoms with Crippen LogP contribution in [0.25, 0.3) is 11.0 Å². The lowest BCUT2D eigenvalue weighted by Gasteiger charge is -2.14. The van der Waals surface area contributed by atoms with Crippen molar-refractivity contribution in [3.05, 3.63) is 69.1 Å². The van der Waals surface area contributed by atoms with Crippen molar-refractivity contribution in [1.82, 2.24) is 9.55 Å². The lowest BCUT2D eigenvalue weighted by Crippen LogP contribution is -2.29. The van der Waals surface area contributed by atoms with Gasteiger partial charge in [0.05, 0.1) is 30.8 Å². The number of halogens is 1. The smallest absolute Gasteiger partial charge is 0.345 e. The van der Waals surface area contributed by atoms with Gasteiger partial charge in [0, 0.05) is 6.20 Å². The topological polar surface area (TPSA) is 70.4 Å². The van der Waals surface area contributed by atoms with Gasteiger partial charge in [-0.3, -0.25) is 9.78 Å². The molecule has 3 aromatic rings. The van der Waals surface area contributed by atoms with Crippen molar-refractivity contribution in [1.29, 1.82) is 0 Å². The largest absolute Gasteiger partial charge is 0.497 e. The molecule has 1 aromatic carbocycles. The van der Waals surface area contributed by atoms with Crippen LogP contribution in [0.3, 0.4) is 0 Å². The summed E-state index contributed by atoms with van der Waals surface area (Å²) in [6, 6.07) is 10.8. The second-order valence-corrected chi connectivity index (χ2v) is 5.90. The first-order valence-electron chi connectivity index (χ1n) is 8.04.